The normalized spacial score (nSPS) is 10.6. The van der Waals surface area contributed by atoms with Gasteiger partial charge in [-0.25, -0.2) is 0 Å². The standard InChI is InChI=1S/C20H21N3O3/c1-13-7-8-17(14(2)11-13)21-18(24)9-10-19-22-20(23-26-19)15-5-4-6-16(12-15)25-3/h4-8,11-12H,9-10H2,1-3H3,(H,21,24). The third-order valence-corrected chi connectivity index (χ3v) is 4.02. The van der Waals surface area contributed by atoms with Crippen molar-refractivity contribution < 1.29 is 14.1 Å². The highest BCUT2D eigenvalue weighted by Gasteiger charge is 2.12. The second kappa shape index (κ2) is 7.82. The summed E-state index contributed by atoms with van der Waals surface area (Å²) in [5, 5.41) is 6.89. The lowest BCUT2D eigenvalue weighted by Gasteiger charge is -2.08. The van der Waals surface area contributed by atoms with E-state index in [1.54, 1.807) is 7.11 Å². The van der Waals surface area contributed by atoms with Gasteiger partial charge in [0.15, 0.2) is 0 Å². The fourth-order valence-corrected chi connectivity index (χ4v) is 2.62. The topological polar surface area (TPSA) is 77.2 Å². The Kier molecular flexibility index (Phi) is 5.31. The zero-order valence-electron chi connectivity index (χ0n) is 15.1. The molecule has 134 valence electrons. The molecule has 26 heavy (non-hydrogen) atoms. The molecular weight excluding hydrogens is 330 g/mol. The Morgan fingerprint density at radius 1 is 1.19 bits per heavy atom. The summed E-state index contributed by atoms with van der Waals surface area (Å²) in [6.45, 7) is 4.00. The highest BCUT2D eigenvalue weighted by Crippen LogP contribution is 2.21. The molecule has 3 rings (SSSR count). The monoisotopic (exact) mass is 351 g/mol. The van der Waals surface area contributed by atoms with Crippen LogP contribution in [-0.4, -0.2) is 23.2 Å². The number of hydrogen-bond donors (Lipinski definition) is 1. The number of aryl methyl sites for hydroxylation is 3. The van der Waals surface area contributed by atoms with Gasteiger partial charge in [0.05, 0.1) is 7.11 Å². The molecule has 0 aliphatic heterocycles. The number of aromatic nitrogens is 2. The van der Waals surface area contributed by atoms with Crippen LogP contribution in [0.5, 0.6) is 5.75 Å². The molecule has 0 spiro atoms. The molecule has 0 atom stereocenters. The molecule has 0 fully saturated rings. The van der Waals surface area contributed by atoms with Crippen molar-refractivity contribution in [2.45, 2.75) is 26.7 Å². The Hall–Kier alpha value is -3.15. The molecule has 2 aromatic carbocycles. The van der Waals surface area contributed by atoms with Crippen molar-refractivity contribution >= 4 is 11.6 Å². The smallest absolute Gasteiger partial charge is 0.227 e. The van der Waals surface area contributed by atoms with Crippen molar-refractivity contribution in [2.24, 2.45) is 0 Å². The molecule has 0 saturated carbocycles. The zero-order valence-corrected chi connectivity index (χ0v) is 15.1. The first-order valence-corrected chi connectivity index (χ1v) is 8.39. The van der Waals surface area contributed by atoms with Gasteiger partial charge in [-0.3, -0.25) is 4.79 Å². The van der Waals surface area contributed by atoms with E-state index < -0.39 is 0 Å². The number of ether oxygens (including phenoxy) is 1. The average molecular weight is 351 g/mol. The summed E-state index contributed by atoms with van der Waals surface area (Å²) in [6, 6.07) is 13.3. The SMILES string of the molecule is COc1cccc(-c2noc(CCC(=O)Nc3ccc(C)cc3C)n2)c1. The van der Waals surface area contributed by atoms with Gasteiger partial charge in [-0.05, 0) is 37.6 Å². The molecule has 0 bridgehead atoms. The van der Waals surface area contributed by atoms with Gasteiger partial charge < -0.3 is 14.6 Å². The highest BCUT2D eigenvalue weighted by molar-refractivity contribution is 5.91. The van der Waals surface area contributed by atoms with Crippen LogP contribution in [0.2, 0.25) is 0 Å². The third-order valence-electron chi connectivity index (χ3n) is 4.02. The molecule has 0 aliphatic carbocycles. The van der Waals surface area contributed by atoms with Crippen LogP contribution in [0.25, 0.3) is 11.4 Å². The van der Waals surface area contributed by atoms with Gasteiger partial charge in [0.25, 0.3) is 0 Å². The second-order valence-corrected chi connectivity index (χ2v) is 6.11. The Morgan fingerprint density at radius 2 is 2.04 bits per heavy atom. The lowest BCUT2D eigenvalue weighted by atomic mass is 10.1. The summed E-state index contributed by atoms with van der Waals surface area (Å²) in [7, 11) is 1.61. The number of methoxy groups -OCH3 is 1. The van der Waals surface area contributed by atoms with E-state index in [-0.39, 0.29) is 12.3 Å². The predicted molar refractivity (Wildman–Crippen MR) is 99.2 cm³/mol. The molecule has 0 unspecified atom stereocenters. The maximum atomic E-state index is 12.2. The quantitative estimate of drug-likeness (QED) is 0.728. The first kappa shape index (κ1) is 17.7. The summed E-state index contributed by atoms with van der Waals surface area (Å²) in [5.41, 5.74) is 3.83. The minimum Gasteiger partial charge on any atom is -0.497 e. The summed E-state index contributed by atoms with van der Waals surface area (Å²) in [4.78, 5) is 16.5. The molecule has 3 aromatic rings. The summed E-state index contributed by atoms with van der Waals surface area (Å²) >= 11 is 0. The number of anilines is 1. The van der Waals surface area contributed by atoms with Gasteiger partial charge in [-0.1, -0.05) is 35.0 Å². The number of amides is 1. The predicted octanol–water partition coefficient (Wildman–Crippen LogP) is 3.93. The number of rotatable bonds is 6. The van der Waals surface area contributed by atoms with E-state index in [1.807, 2.05) is 56.3 Å². The lowest BCUT2D eigenvalue weighted by Crippen LogP contribution is -2.13. The van der Waals surface area contributed by atoms with Gasteiger partial charge in [0.2, 0.25) is 17.6 Å². The van der Waals surface area contributed by atoms with Gasteiger partial charge in [-0.2, -0.15) is 4.98 Å². The van der Waals surface area contributed by atoms with Crippen LogP contribution in [0.3, 0.4) is 0 Å². The summed E-state index contributed by atoms with van der Waals surface area (Å²) in [5.74, 6) is 1.55. The zero-order chi connectivity index (χ0) is 18.5. The van der Waals surface area contributed by atoms with Crippen molar-refractivity contribution in [3.8, 4) is 17.1 Å². The summed E-state index contributed by atoms with van der Waals surface area (Å²) in [6.07, 6.45) is 0.654. The largest absolute Gasteiger partial charge is 0.497 e. The Labute approximate surface area is 152 Å². The Balaban J connectivity index is 1.60. The molecule has 6 nitrogen and oxygen atoms in total. The van der Waals surface area contributed by atoms with Gasteiger partial charge in [0, 0.05) is 24.1 Å². The summed E-state index contributed by atoms with van der Waals surface area (Å²) < 4.78 is 10.4. The molecule has 1 heterocycles. The Morgan fingerprint density at radius 3 is 2.81 bits per heavy atom. The van der Waals surface area contributed by atoms with Crippen molar-refractivity contribution in [3.05, 3.63) is 59.5 Å². The average Bonchev–Trinajstić information content (AvgIpc) is 3.11. The molecule has 1 aromatic heterocycles. The number of carbonyl (C=O) groups excluding carboxylic acids is 1. The number of carbonyl (C=O) groups is 1. The number of hydrogen-bond acceptors (Lipinski definition) is 5. The molecular formula is C20H21N3O3. The minimum absolute atomic E-state index is 0.0851. The van der Waals surface area contributed by atoms with E-state index >= 15 is 0 Å². The van der Waals surface area contributed by atoms with Crippen molar-refractivity contribution in [3.63, 3.8) is 0 Å². The second-order valence-electron chi connectivity index (χ2n) is 6.11. The van der Waals surface area contributed by atoms with Crippen molar-refractivity contribution in [1.29, 1.82) is 0 Å². The van der Waals surface area contributed by atoms with Gasteiger partial charge >= 0.3 is 0 Å². The molecule has 0 aliphatic rings. The Bertz CT molecular complexity index is 918. The molecule has 0 radical (unpaired) electrons. The van der Waals surface area contributed by atoms with Crippen LogP contribution in [-0.2, 0) is 11.2 Å². The van der Waals surface area contributed by atoms with Crippen molar-refractivity contribution in [2.75, 3.05) is 12.4 Å². The molecule has 6 heteroatoms. The lowest BCUT2D eigenvalue weighted by molar-refractivity contribution is -0.116. The first-order valence-electron chi connectivity index (χ1n) is 8.39. The number of nitrogens with one attached hydrogen (secondary N) is 1. The van der Waals surface area contributed by atoms with Crippen LogP contribution in [0.15, 0.2) is 47.0 Å². The van der Waals surface area contributed by atoms with Crippen LogP contribution in [0.4, 0.5) is 5.69 Å². The van der Waals surface area contributed by atoms with Crippen molar-refractivity contribution in [1.82, 2.24) is 10.1 Å². The fraction of sp³-hybridized carbons (Fsp3) is 0.250. The maximum absolute atomic E-state index is 12.2. The van der Waals surface area contributed by atoms with E-state index in [4.69, 9.17) is 9.26 Å². The fourth-order valence-electron chi connectivity index (χ4n) is 2.62. The molecule has 0 saturated heterocycles. The van der Waals surface area contributed by atoms with Gasteiger partial charge in [0.1, 0.15) is 5.75 Å². The third kappa shape index (κ3) is 4.27. The molecule has 1 amide bonds. The van der Waals surface area contributed by atoms with Gasteiger partial charge in [-0.15, -0.1) is 0 Å². The van der Waals surface area contributed by atoms with E-state index in [0.29, 0.717) is 18.1 Å². The maximum Gasteiger partial charge on any atom is 0.227 e. The number of nitrogens with zero attached hydrogens (tertiary/aromatic N) is 2. The van der Waals surface area contributed by atoms with Crippen LogP contribution in [0.1, 0.15) is 23.4 Å². The van der Waals surface area contributed by atoms with E-state index in [9.17, 15) is 4.79 Å². The van der Waals surface area contributed by atoms with E-state index in [0.717, 1.165) is 28.1 Å². The first-order chi connectivity index (χ1) is 12.5. The van der Waals surface area contributed by atoms with E-state index in [1.165, 1.54) is 0 Å². The number of benzene rings is 2. The minimum atomic E-state index is -0.0851. The molecule has 1 N–H and O–H groups in total. The van der Waals surface area contributed by atoms with Crippen LogP contribution < -0.4 is 10.1 Å². The van der Waals surface area contributed by atoms with Crippen LogP contribution in [0, 0.1) is 13.8 Å². The highest BCUT2D eigenvalue weighted by atomic mass is 16.5. The van der Waals surface area contributed by atoms with E-state index in [2.05, 4.69) is 15.5 Å². The van der Waals surface area contributed by atoms with Crippen LogP contribution >= 0.6 is 0 Å².